The van der Waals surface area contributed by atoms with Gasteiger partial charge in [0.1, 0.15) is 0 Å². The van der Waals surface area contributed by atoms with E-state index in [4.69, 9.17) is 4.74 Å². The number of thiazole rings is 1. The van der Waals surface area contributed by atoms with Crippen LogP contribution < -0.4 is 4.90 Å². The van der Waals surface area contributed by atoms with Gasteiger partial charge in [0.05, 0.1) is 23.5 Å². The van der Waals surface area contributed by atoms with Gasteiger partial charge < -0.3 is 14.5 Å². The highest BCUT2D eigenvalue weighted by Gasteiger charge is 2.54. The Morgan fingerprint density at radius 3 is 2.67 bits per heavy atom. The van der Waals surface area contributed by atoms with E-state index in [9.17, 15) is 9.59 Å². The summed E-state index contributed by atoms with van der Waals surface area (Å²) in [6.07, 6.45) is 3.91. The lowest BCUT2D eigenvalue weighted by atomic mass is 9.99. The molecule has 0 bridgehead atoms. The summed E-state index contributed by atoms with van der Waals surface area (Å²) in [5.74, 6) is -0.721. The number of benzene rings is 1. The molecule has 1 atom stereocenters. The number of likely N-dealkylation sites (tertiary alicyclic amines) is 1. The number of piperidine rings is 1. The lowest BCUT2D eigenvalue weighted by molar-refractivity contribution is -0.147. The van der Waals surface area contributed by atoms with Crippen molar-refractivity contribution in [3.05, 3.63) is 40.3 Å². The summed E-state index contributed by atoms with van der Waals surface area (Å²) in [4.78, 5) is 36.5. The molecular formula is C22H27N3O3S2. The van der Waals surface area contributed by atoms with E-state index in [0.717, 1.165) is 40.9 Å². The van der Waals surface area contributed by atoms with E-state index >= 15 is 0 Å². The first-order chi connectivity index (χ1) is 14.5. The Kier molecular flexibility index (Phi) is 6.46. The van der Waals surface area contributed by atoms with Crippen LogP contribution in [-0.2, 0) is 20.7 Å². The molecule has 0 N–H and O–H groups in total. The van der Waals surface area contributed by atoms with Crippen LogP contribution in [0.1, 0.15) is 30.0 Å². The Labute approximate surface area is 185 Å². The third-order valence-corrected chi connectivity index (χ3v) is 7.95. The molecule has 2 aliphatic rings. The molecule has 0 spiro atoms. The average molecular weight is 446 g/mol. The molecular weight excluding hydrogens is 418 g/mol. The van der Waals surface area contributed by atoms with Crippen molar-refractivity contribution in [2.75, 3.05) is 38.2 Å². The zero-order valence-electron chi connectivity index (χ0n) is 17.4. The molecule has 8 heteroatoms. The minimum atomic E-state index is -1.36. The molecule has 0 radical (unpaired) electrons. The molecule has 2 aromatic rings. The number of para-hydroxylation sites is 1. The predicted octanol–water partition coefficient (Wildman–Crippen LogP) is 3.53. The van der Waals surface area contributed by atoms with Gasteiger partial charge in [0.2, 0.25) is 4.75 Å². The number of anilines is 1. The zero-order chi connectivity index (χ0) is 21.1. The van der Waals surface area contributed by atoms with Gasteiger partial charge in [-0.05, 0) is 45.0 Å². The molecule has 1 amide bonds. The molecule has 0 aliphatic carbocycles. The Morgan fingerprint density at radius 1 is 1.20 bits per heavy atom. The van der Waals surface area contributed by atoms with Crippen LogP contribution in [0.5, 0.6) is 0 Å². The second kappa shape index (κ2) is 9.08. The van der Waals surface area contributed by atoms with Crippen molar-refractivity contribution in [3.8, 4) is 0 Å². The zero-order valence-corrected chi connectivity index (χ0v) is 19.1. The van der Waals surface area contributed by atoms with Gasteiger partial charge in [0.15, 0.2) is 0 Å². The van der Waals surface area contributed by atoms with Crippen LogP contribution in [0, 0.1) is 6.92 Å². The third-order valence-electron chi connectivity index (χ3n) is 5.73. The van der Waals surface area contributed by atoms with Crippen molar-refractivity contribution >= 4 is 40.7 Å². The SMILES string of the molecule is COC(=O)C1(Cc2csc(C)n2)Sc2ccccc2N(CCN2CCCCC2)C1=O. The average Bonchev–Trinajstić information content (AvgIpc) is 3.18. The van der Waals surface area contributed by atoms with E-state index in [-0.39, 0.29) is 12.3 Å². The fraction of sp³-hybridized carbons (Fsp3) is 0.500. The van der Waals surface area contributed by atoms with Crippen molar-refractivity contribution in [2.24, 2.45) is 0 Å². The summed E-state index contributed by atoms with van der Waals surface area (Å²) in [6.45, 7) is 5.43. The number of hydrogen-bond donors (Lipinski definition) is 0. The van der Waals surface area contributed by atoms with Gasteiger partial charge in [-0.1, -0.05) is 30.3 Å². The van der Waals surface area contributed by atoms with Crippen molar-refractivity contribution in [1.82, 2.24) is 9.88 Å². The first-order valence-corrected chi connectivity index (χ1v) is 12.0. The summed E-state index contributed by atoms with van der Waals surface area (Å²) >= 11 is 2.82. The number of aromatic nitrogens is 1. The standard InChI is InChI=1S/C22H27N3O3S2/c1-16-23-17(15-29-16)14-22(21(27)28-2)20(26)25(13-12-24-10-6-3-7-11-24)18-8-4-5-9-19(18)30-22/h4-5,8-9,15H,3,6-7,10-14H2,1-2H3. The van der Waals surface area contributed by atoms with Crippen molar-refractivity contribution in [1.29, 1.82) is 0 Å². The van der Waals surface area contributed by atoms with Crippen LogP contribution >= 0.6 is 23.1 Å². The van der Waals surface area contributed by atoms with Gasteiger partial charge in [-0.3, -0.25) is 4.79 Å². The van der Waals surface area contributed by atoms with E-state index in [2.05, 4.69) is 9.88 Å². The molecule has 1 unspecified atom stereocenters. The van der Waals surface area contributed by atoms with Gasteiger partial charge in [0, 0.05) is 29.8 Å². The van der Waals surface area contributed by atoms with E-state index in [1.54, 1.807) is 4.90 Å². The fourth-order valence-electron chi connectivity index (χ4n) is 4.19. The number of aryl methyl sites for hydroxylation is 1. The number of amides is 1. The quantitative estimate of drug-likeness (QED) is 0.501. The van der Waals surface area contributed by atoms with Crippen molar-refractivity contribution in [2.45, 2.75) is 42.2 Å². The molecule has 1 saturated heterocycles. The number of esters is 1. The largest absolute Gasteiger partial charge is 0.468 e. The number of carbonyl (C=O) groups is 2. The highest BCUT2D eigenvalue weighted by molar-refractivity contribution is 8.02. The number of hydrogen-bond acceptors (Lipinski definition) is 7. The number of thioether (sulfide) groups is 1. The number of ether oxygens (including phenoxy) is 1. The normalized spacial score (nSPS) is 22.1. The smallest absolute Gasteiger partial charge is 0.332 e. The van der Waals surface area contributed by atoms with E-state index in [0.29, 0.717) is 6.54 Å². The van der Waals surface area contributed by atoms with E-state index in [1.807, 2.05) is 36.6 Å². The lowest BCUT2D eigenvalue weighted by Crippen LogP contribution is -2.57. The lowest BCUT2D eigenvalue weighted by Gasteiger charge is -2.40. The Hall–Kier alpha value is -1.90. The molecule has 6 nitrogen and oxygen atoms in total. The monoisotopic (exact) mass is 445 g/mol. The highest BCUT2D eigenvalue weighted by atomic mass is 32.2. The Bertz CT molecular complexity index is 926. The van der Waals surface area contributed by atoms with Gasteiger partial charge in [-0.25, -0.2) is 9.78 Å². The summed E-state index contributed by atoms with van der Waals surface area (Å²) in [5.41, 5.74) is 1.62. The first-order valence-electron chi connectivity index (χ1n) is 10.4. The van der Waals surface area contributed by atoms with Crippen LogP contribution in [0.3, 0.4) is 0 Å². The van der Waals surface area contributed by atoms with E-state index in [1.165, 1.54) is 49.5 Å². The van der Waals surface area contributed by atoms with Crippen LogP contribution in [0.15, 0.2) is 34.5 Å². The Morgan fingerprint density at radius 2 is 1.97 bits per heavy atom. The summed E-state index contributed by atoms with van der Waals surface area (Å²) < 4.78 is 3.80. The summed E-state index contributed by atoms with van der Waals surface area (Å²) in [5, 5.41) is 2.84. The maximum Gasteiger partial charge on any atom is 0.332 e. The second-order valence-electron chi connectivity index (χ2n) is 7.78. The van der Waals surface area contributed by atoms with E-state index < -0.39 is 10.7 Å². The van der Waals surface area contributed by atoms with Crippen LogP contribution in [0.4, 0.5) is 5.69 Å². The highest BCUT2D eigenvalue weighted by Crippen LogP contribution is 2.47. The molecule has 4 rings (SSSR count). The van der Waals surface area contributed by atoms with Crippen LogP contribution in [0.25, 0.3) is 0 Å². The molecule has 3 heterocycles. The van der Waals surface area contributed by atoms with Gasteiger partial charge >= 0.3 is 5.97 Å². The first kappa shape index (κ1) is 21.3. The molecule has 0 saturated carbocycles. The topological polar surface area (TPSA) is 62.7 Å². The molecule has 30 heavy (non-hydrogen) atoms. The van der Waals surface area contributed by atoms with Crippen LogP contribution in [0.2, 0.25) is 0 Å². The Balaban J connectivity index is 1.68. The van der Waals surface area contributed by atoms with Gasteiger partial charge in [0.25, 0.3) is 5.91 Å². The molecule has 1 fully saturated rings. The maximum atomic E-state index is 13.9. The minimum Gasteiger partial charge on any atom is -0.468 e. The van der Waals surface area contributed by atoms with Gasteiger partial charge in [-0.15, -0.1) is 11.3 Å². The number of methoxy groups -OCH3 is 1. The number of fused-ring (bicyclic) bond motifs is 1. The number of rotatable bonds is 6. The minimum absolute atomic E-state index is 0.208. The van der Waals surface area contributed by atoms with Gasteiger partial charge in [-0.2, -0.15) is 0 Å². The maximum absolute atomic E-state index is 13.9. The second-order valence-corrected chi connectivity index (χ2v) is 10.2. The molecule has 1 aromatic carbocycles. The molecule has 1 aromatic heterocycles. The number of nitrogens with zero attached hydrogens (tertiary/aromatic N) is 3. The fourth-order valence-corrected chi connectivity index (χ4v) is 6.20. The van der Waals surface area contributed by atoms with Crippen LogP contribution in [-0.4, -0.2) is 59.8 Å². The number of carbonyl (C=O) groups excluding carboxylic acids is 2. The van der Waals surface area contributed by atoms with Crippen molar-refractivity contribution in [3.63, 3.8) is 0 Å². The predicted molar refractivity (Wildman–Crippen MR) is 120 cm³/mol. The van der Waals surface area contributed by atoms with Crippen molar-refractivity contribution < 1.29 is 14.3 Å². The molecule has 160 valence electrons. The summed E-state index contributed by atoms with van der Waals surface area (Å²) in [7, 11) is 1.35. The third kappa shape index (κ3) is 4.13. The summed E-state index contributed by atoms with van der Waals surface area (Å²) in [6, 6.07) is 7.82. The molecule has 2 aliphatic heterocycles.